The molecule has 3 N–H and O–H groups in total. The topological polar surface area (TPSA) is 96.7 Å². The highest BCUT2D eigenvalue weighted by molar-refractivity contribution is 5.76. The van der Waals surface area contributed by atoms with Crippen LogP contribution in [0.15, 0.2) is 18.2 Å². The minimum atomic E-state index is -0.429. The van der Waals surface area contributed by atoms with E-state index in [0.717, 1.165) is 6.42 Å². The number of para-hydroxylation sites is 1. The van der Waals surface area contributed by atoms with Gasteiger partial charge in [-0.1, -0.05) is 13.0 Å². The molecule has 1 aromatic carbocycles. The largest absolute Gasteiger partial charge is 0.394 e. The standard InChI is InChI=1S/C13H21N3O4/c1-3-7-14-11-5-4-6-12(13(11)16(18)19)15-10(8-17)9-20-2/h4-6,10,14-15,17H,3,7-9H2,1-2H3. The molecule has 0 saturated heterocycles. The zero-order valence-corrected chi connectivity index (χ0v) is 11.8. The van der Waals surface area contributed by atoms with Crippen molar-refractivity contribution in [1.29, 1.82) is 0 Å². The number of nitrogens with one attached hydrogen (secondary N) is 2. The predicted molar refractivity (Wildman–Crippen MR) is 78.2 cm³/mol. The lowest BCUT2D eigenvalue weighted by Gasteiger charge is -2.17. The van der Waals surface area contributed by atoms with E-state index in [4.69, 9.17) is 4.74 Å². The number of aliphatic hydroxyl groups is 1. The molecule has 0 aliphatic carbocycles. The maximum Gasteiger partial charge on any atom is 0.315 e. The van der Waals surface area contributed by atoms with Gasteiger partial charge in [0.05, 0.1) is 24.2 Å². The van der Waals surface area contributed by atoms with Crippen molar-refractivity contribution in [3.05, 3.63) is 28.3 Å². The first-order valence-corrected chi connectivity index (χ1v) is 6.51. The number of hydrogen-bond donors (Lipinski definition) is 3. The molecule has 0 aromatic heterocycles. The SMILES string of the molecule is CCCNc1cccc(NC(CO)COC)c1[N+](=O)[O-]. The summed E-state index contributed by atoms with van der Waals surface area (Å²) < 4.78 is 4.95. The Hall–Kier alpha value is -1.86. The van der Waals surface area contributed by atoms with E-state index in [0.29, 0.717) is 17.9 Å². The fourth-order valence-corrected chi connectivity index (χ4v) is 1.82. The van der Waals surface area contributed by atoms with Crippen LogP contribution in [0.1, 0.15) is 13.3 Å². The number of benzene rings is 1. The van der Waals surface area contributed by atoms with Crippen molar-refractivity contribution >= 4 is 17.1 Å². The van der Waals surface area contributed by atoms with Gasteiger partial charge >= 0.3 is 5.69 Å². The fraction of sp³-hybridized carbons (Fsp3) is 0.538. The van der Waals surface area contributed by atoms with Crippen LogP contribution in [0.5, 0.6) is 0 Å². The zero-order valence-electron chi connectivity index (χ0n) is 11.8. The Balaban J connectivity index is 3.02. The molecule has 0 saturated carbocycles. The number of aliphatic hydroxyl groups excluding tert-OH is 1. The number of nitro benzene ring substituents is 1. The van der Waals surface area contributed by atoms with Crippen molar-refractivity contribution in [2.45, 2.75) is 19.4 Å². The number of hydrogen-bond acceptors (Lipinski definition) is 6. The maximum absolute atomic E-state index is 11.3. The second kappa shape index (κ2) is 8.34. The lowest BCUT2D eigenvalue weighted by atomic mass is 10.2. The van der Waals surface area contributed by atoms with Crippen LogP contribution in [-0.4, -0.2) is 42.9 Å². The average Bonchev–Trinajstić information content (AvgIpc) is 2.44. The summed E-state index contributed by atoms with van der Waals surface area (Å²) in [6, 6.07) is 4.63. The Morgan fingerprint density at radius 1 is 1.45 bits per heavy atom. The molecule has 20 heavy (non-hydrogen) atoms. The molecule has 1 aromatic rings. The van der Waals surface area contributed by atoms with Crippen LogP contribution in [-0.2, 0) is 4.74 Å². The second-order valence-electron chi connectivity index (χ2n) is 4.36. The summed E-state index contributed by atoms with van der Waals surface area (Å²) in [5.74, 6) is 0. The Morgan fingerprint density at radius 3 is 2.70 bits per heavy atom. The number of nitrogens with zero attached hydrogens (tertiary/aromatic N) is 1. The number of nitro groups is 1. The Morgan fingerprint density at radius 2 is 2.15 bits per heavy atom. The van der Waals surface area contributed by atoms with Crippen molar-refractivity contribution in [3.63, 3.8) is 0 Å². The van der Waals surface area contributed by atoms with E-state index in [9.17, 15) is 15.2 Å². The molecule has 112 valence electrons. The van der Waals surface area contributed by atoms with Crippen molar-refractivity contribution in [3.8, 4) is 0 Å². The first kappa shape index (κ1) is 16.2. The van der Waals surface area contributed by atoms with Gasteiger partial charge in [0.15, 0.2) is 0 Å². The van der Waals surface area contributed by atoms with Crippen LogP contribution in [0.25, 0.3) is 0 Å². The van der Waals surface area contributed by atoms with Crippen molar-refractivity contribution < 1.29 is 14.8 Å². The van der Waals surface area contributed by atoms with Crippen molar-refractivity contribution in [2.75, 3.05) is 37.5 Å². The van der Waals surface area contributed by atoms with Gasteiger partial charge in [0, 0.05) is 13.7 Å². The molecule has 0 heterocycles. The number of anilines is 2. The molecular weight excluding hydrogens is 262 g/mol. The van der Waals surface area contributed by atoms with Crippen LogP contribution in [0.2, 0.25) is 0 Å². The number of rotatable bonds is 9. The predicted octanol–water partition coefficient (Wildman–Crippen LogP) is 1.84. The summed E-state index contributed by atoms with van der Waals surface area (Å²) in [4.78, 5) is 10.8. The molecule has 0 radical (unpaired) electrons. The van der Waals surface area contributed by atoms with Crippen LogP contribution in [0.4, 0.5) is 17.1 Å². The van der Waals surface area contributed by atoms with E-state index < -0.39 is 4.92 Å². The highest BCUT2D eigenvalue weighted by atomic mass is 16.6. The smallest absolute Gasteiger partial charge is 0.315 e. The molecule has 0 aliphatic heterocycles. The number of methoxy groups -OCH3 is 1. The van der Waals surface area contributed by atoms with Gasteiger partial charge in [0.2, 0.25) is 0 Å². The summed E-state index contributed by atoms with van der Waals surface area (Å²) in [5, 5.41) is 26.5. The van der Waals surface area contributed by atoms with Crippen LogP contribution >= 0.6 is 0 Å². The highest BCUT2D eigenvalue weighted by Crippen LogP contribution is 2.33. The molecular formula is C13H21N3O4. The third kappa shape index (κ3) is 4.36. The van der Waals surface area contributed by atoms with Gasteiger partial charge in [0.25, 0.3) is 0 Å². The van der Waals surface area contributed by atoms with Gasteiger partial charge in [-0.15, -0.1) is 0 Å². The first-order valence-electron chi connectivity index (χ1n) is 6.51. The van der Waals surface area contributed by atoms with E-state index >= 15 is 0 Å². The summed E-state index contributed by atoms with van der Waals surface area (Å²) in [6.45, 7) is 2.74. The van der Waals surface area contributed by atoms with E-state index in [1.807, 2.05) is 6.92 Å². The Bertz CT molecular complexity index is 440. The summed E-state index contributed by atoms with van der Waals surface area (Å²) in [6.07, 6.45) is 0.873. The molecule has 0 bridgehead atoms. The van der Waals surface area contributed by atoms with Gasteiger partial charge in [-0.25, -0.2) is 0 Å². The monoisotopic (exact) mass is 283 g/mol. The van der Waals surface area contributed by atoms with Gasteiger partial charge < -0.3 is 20.5 Å². The molecule has 0 spiro atoms. The van der Waals surface area contributed by atoms with E-state index in [2.05, 4.69) is 10.6 Å². The molecule has 7 nitrogen and oxygen atoms in total. The van der Waals surface area contributed by atoms with Crippen LogP contribution in [0.3, 0.4) is 0 Å². The van der Waals surface area contributed by atoms with E-state index in [1.54, 1.807) is 18.2 Å². The van der Waals surface area contributed by atoms with Crippen molar-refractivity contribution in [1.82, 2.24) is 0 Å². The third-order valence-corrected chi connectivity index (χ3v) is 2.73. The summed E-state index contributed by atoms with van der Waals surface area (Å²) >= 11 is 0. The van der Waals surface area contributed by atoms with Gasteiger partial charge in [-0.2, -0.15) is 0 Å². The van der Waals surface area contributed by atoms with E-state index in [-0.39, 0.29) is 24.9 Å². The van der Waals surface area contributed by atoms with Crippen molar-refractivity contribution in [2.24, 2.45) is 0 Å². The lowest BCUT2D eigenvalue weighted by molar-refractivity contribution is -0.383. The Kier molecular flexibility index (Phi) is 6.75. The van der Waals surface area contributed by atoms with E-state index in [1.165, 1.54) is 7.11 Å². The molecule has 1 rings (SSSR count). The molecule has 1 unspecified atom stereocenters. The van der Waals surface area contributed by atoms with Gasteiger partial charge in [0.1, 0.15) is 11.4 Å². The average molecular weight is 283 g/mol. The summed E-state index contributed by atoms with van der Waals surface area (Å²) in [5.41, 5.74) is 0.818. The lowest BCUT2D eigenvalue weighted by Crippen LogP contribution is -2.29. The second-order valence-corrected chi connectivity index (χ2v) is 4.36. The first-order chi connectivity index (χ1) is 9.63. The quantitative estimate of drug-likeness (QED) is 0.472. The molecule has 7 heteroatoms. The summed E-state index contributed by atoms with van der Waals surface area (Å²) in [7, 11) is 1.51. The normalized spacial score (nSPS) is 11.9. The molecule has 0 amide bonds. The molecule has 0 aliphatic rings. The van der Waals surface area contributed by atoms with Gasteiger partial charge in [-0.05, 0) is 18.6 Å². The fourth-order valence-electron chi connectivity index (χ4n) is 1.82. The minimum absolute atomic E-state index is 0.0181. The van der Waals surface area contributed by atoms with Gasteiger partial charge in [-0.3, -0.25) is 10.1 Å². The zero-order chi connectivity index (χ0) is 15.0. The highest BCUT2D eigenvalue weighted by Gasteiger charge is 2.21. The van der Waals surface area contributed by atoms with Crippen LogP contribution in [0, 0.1) is 10.1 Å². The maximum atomic E-state index is 11.3. The van der Waals surface area contributed by atoms with Crippen LogP contribution < -0.4 is 10.6 Å². The third-order valence-electron chi connectivity index (χ3n) is 2.73. The minimum Gasteiger partial charge on any atom is -0.394 e. The molecule has 0 fully saturated rings. The number of ether oxygens (including phenoxy) is 1. The molecule has 1 atom stereocenters. The Labute approximate surface area is 118 Å².